The van der Waals surface area contributed by atoms with Gasteiger partial charge in [0.15, 0.2) is 0 Å². The number of amides is 3. The number of imide groups is 1. The molecule has 1 unspecified atom stereocenters. The van der Waals surface area contributed by atoms with Crippen molar-refractivity contribution in [3.63, 3.8) is 0 Å². The summed E-state index contributed by atoms with van der Waals surface area (Å²) in [5.41, 5.74) is 0.322. The molecule has 0 bridgehead atoms. The molecule has 3 amide bonds. The van der Waals surface area contributed by atoms with Gasteiger partial charge in [0, 0.05) is 6.42 Å². The molecule has 27 heavy (non-hydrogen) atoms. The third-order valence-electron chi connectivity index (χ3n) is 6.11. The smallest absolute Gasteiger partial charge is 0.322 e. The van der Waals surface area contributed by atoms with Gasteiger partial charge in [-0.15, -0.1) is 0 Å². The van der Waals surface area contributed by atoms with Crippen molar-refractivity contribution in [1.82, 2.24) is 15.1 Å². The molecule has 1 heterocycles. The maximum absolute atomic E-state index is 13.6. The van der Waals surface area contributed by atoms with Gasteiger partial charge in [-0.25, -0.2) is 9.69 Å². The highest BCUT2D eigenvalue weighted by Crippen LogP contribution is 2.39. The lowest BCUT2D eigenvalue weighted by molar-refractivity contribution is -0.135. The fraction of sp³-hybridized carbons (Fsp3) is 0.636. The topological polar surface area (TPSA) is 52.6 Å². The molecule has 2 fully saturated rings. The molecule has 3 rings (SSSR count). The number of nitrogens with zero attached hydrogens (tertiary/aromatic N) is 2. The summed E-state index contributed by atoms with van der Waals surface area (Å²) in [6, 6.07) is 9.87. The molecule has 1 aliphatic carbocycles. The third-order valence-corrected chi connectivity index (χ3v) is 6.11. The Morgan fingerprint density at radius 1 is 1.15 bits per heavy atom. The van der Waals surface area contributed by atoms with E-state index in [2.05, 4.69) is 29.3 Å². The summed E-state index contributed by atoms with van der Waals surface area (Å²) >= 11 is 0. The Morgan fingerprint density at radius 2 is 1.85 bits per heavy atom. The van der Waals surface area contributed by atoms with Crippen molar-refractivity contribution in [1.29, 1.82) is 0 Å². The maximum Gasteiger partial charge on any atom is 0.326 e. The normalized spacial score (nSPS) is 23.9. The molecule has 1 aromatic carbocycles. The van der Waals surface area contributed by atoms with Crippen LogP contribution in [-0.2, 0) is 11.2 Å². The predicted octanol–water partition coefficient (Wildman–Crippen LogP) is 3.79. The summed E-state index contributed by atoms with van der Waals surface area (Å²) in [5, 5.41) is 3.16. The molecule has 5 nitrogen and oxygen atoms in total. The van der Waals surface area contributed by atoms with Crippen molar-refractivity contribution in [3.05, 3.63) is 35.9 Å². The van der Waals surface area contributed by atoms with Gasteiger partial charge >= 0.3 is 6.03 Å². The number of hydrogen-bond acceptors (Lipinski definition) is 3. The summed E-state index contributed by atoms with van der Waals surface area (Å²) in [5.74, 6) is 0.181. The Hall–Kier alpha value is -1.88. The molecule has 148 valence electrons. The van der Waals surface area contributed by atoms with Crippen LogP contribution in [-0.4, -0.2) is 47.5 Å². The summed E-state index contributed by atoms with van der Waals surface area (Å²) in [7, 11) is 1.98. The van der Waals surface area contributed by atoms with Crippen LogP contribution in [0.1, 0.15) is 57.4 Å². The maximum atomic E-state index is 13.6. The summed E-state index contributed by atoms with van der Waals surface area (Å²) in [4.78, 5) is 29.9. The fourth-order valence-electron chi connectivity index (χ4n) is 4.57. The minimum Gasteiger partial charge on any atom is -0.322 e. The number of carbonyl (C=O) groups is 2. The second-order valence-corrected chi connectivity index (χ2v) is 8.21. The van der Waals surface area contributed by atoms with Crippen molar-refractivity contribution in [3.8, 4) is 0 Å². The van der Waals surface area contributed by atoms with Crippen LogP contribution >= 0.6 is 0 Å². The minimum absolute atomic E-state index is 0.0356. The Kier molecular flexibility index (Phi) is 6.53. The van der Waals surface area contributed by atoms with Crippen molar-refractivity contribution in [2.75, 3.05) is 20.3 Å². The van der Waals surface area contributed by atoms with Crippen LogP contribution in [0.4, 0.5) is 4.79 Å². The molecule has 1 N–H and O–H groups in total. The third kappa shape index (κ3) is 4.34. The van der Waals surface area contributed by atoms with Crippen LogP contribution in [0.15, 0.2) is 30.3 Å². The van der Waals surface area contributed by atoms with E-state index < -0.39 is 5.54 Å². The molecule has 5 heteroatoms. The Balaban J connectivity index is 1.83. The monoisotopic (exact) mass is 371 g/mol. The van der Waals surface area contributed by atoms with E-state index in [1.165, 1.54) is 11.3 Å². The van der Waals surface area contributed by atoms with Gasteiger partial charge in [-0.05, 0) is 44.3 Å². The Morgan fingerprint density at radius 3 is 2.52 bits per heavy atom. The molecule has 0 radical (unpaired) electrons. The molecule has 2 aliphatic rings. The van der Waals surface area contributed by atoms with E-state index in [4.69, 9.17) is 0 Å². The lowest BCUT2D eigenvalue weighted by Gasteiger charge is -2.38. The molecule has 0 spiro atoms. The first-order valence-electron chi connectivity index (χ1n) is 10.4. The number of urea groups is 1. The van der Waals surface area contributed by atoms with Gasteiger partial charge in [-0.2, -0.15) is 0 Å². The minimum atomic E-state index is -0.787. The van der Waals surface area contributed by atoms with E-state index in [9.17, 15) is 9.59 Å². The molecule has 0 aromatic heterocycles. The standard InChI is InChI=1S/C22H33N3O2/c1-3-4-15-24(2)17-25-20(26)22(23-21(25)27,19-13-9-6-10-14-19)16-18-11-7-5-8-12-18/h5,7-8,11-12,19H,3-4,6,9-10,13-17H2,1-2H3,(H,23,27). The summed E-state index contributed by atoms with van der Waals surface area (Å²) in [6.07, 6.45) is 8.28. The zero-order chi connectivity index (χ0) is 19.3. The quantitative estimate of drug-likeness (QED) is 0.708. The number of carbonyl (C=O) groups excluding carboxylic acids is 2. The Bertz CT molecular complexity index is 642. The zero-order valence-electron chi connectivity index (χ0n) is 16.7. The zero-order valence-corrected chi connectivity index (χ0v) is 16.7. The Labute approximate surface area is 163 Å². The van der Waals surface area contributed by atoms with Gasteiger partial charge in [0.05, 0.1) is 6.67 Å². The van der Waals surface area contributed by atoms with Crippen LogP contribution in [0.2, 0.25) is 0 Å². The van der Waals surface area contributed by atoms with Crippen molar-refractivity contribution in [2.24, 2.45) is 5.92 Å². The van der Waals surface area contributed by atoms with Crippen molar-refractivity contribution < 1.29 is 9.59 Å². The first-order chi connectivity index (χ1) is 13.1. The summed E-state index contributed by atoms with van der Waals surface area (Å²) < 4.78 is 0. The van der Waals surface area contributed by atoms with Gasteiger partial charge in [-0.1, -0.05) is 62.9 Å². The van der Waals surface area contributed by atoms with Gasteiger partial charge < -0.3 is 5.32 Å². The van der Waals surface area contributed by atoms with E-state index >= 15 is 0 Å². The molecular formula is C22H33N3O2. The van der Waals surface area contributed by atoms with E-state index in [-0.39, 0.29) is 17.9 Å². The largest absolute Gasteiger partial charge is 0.326 e. The highest BCUT2D eigenvalue weighted by molar-refractivity contribution is 6.07. The SMILES string of the molecule is CCCCN(C)CN1C(=O)NC(Cc2ccccc2)(C2CCCCC2)C1=O. The van der Waals surface area contributed by atoms with Gasteiger partial charge in [0.2, 0.25) is 0 Å². The average molecular weight is 372 g/mol. The van der Waals surface area contributed by atoms with Crippen LogP contribution in [0.25, 0.3) is 0 Å². The lowest BCUT2D eigenvalue weighted by atomic mass is 9.71. The van der Waals surface area contributed by atoms with Gasteiger partial charge in [-0.3, -0.25) is 9.69 Å². The van der Waals surface area contributed by atoms with Gasteiger partial charge in [0.1, 0.15) is 5.54 Å². The number of benzene rings is 1. The van der Waals surface area contributed by atoms with Crippen LogP contribution in [0, 0.1) is 5.92 Å². The molecule has 1 saturated heterocycles. The second-order valence-electron chi connectivity index (χ2n) is 8.21. The van der Waals surface area contributed by atoms with E-state index in [0.717, 1.165) is 50.6 Å². The van der Waals surface area contributed by atoms with Crippen LogP contribution < -0.4 is 5.32 Å². The molecule has 1 aliphatic heterocycles. The first kappa shape index (κ1) is 19.9. The van der Waals surface area contributed by atoms with Gasteiger partial charge in [0.25, 0.3) is 5.91 Å². The van der Waals surface area contributed by atoms with Crippen LogP contribution in [0.3, 0.4) is 0 Å². The van der Waals surface area contributed by atoms with E-state index in [1.807, 2.05) is 25.2 Å². The molecule has 1 atom stereocenters. The second kappa shape index (κ2) is 8.87. The number of unbranched alkanes of at least 4 members (excludes halogenated alkanes) is 1. The van der Waals surface area contributed by atoms with Crippen molar-refractivity contribution >= 4 is 11.9 Å². The molecule has 1 saturated carbocycles. The molecule has 1 aromatic rings. The van der Waals surface area contributed by atoms with E-state index in [1.54, 1.807) is 0 Å². The number of hydrogen-bond donors (Lipinski definition) is 1. The lowest BCUT2D eigenvalue weighted by Crippen LogP contribution is -2.55. The average Bonchev–Trinajstić information content (AvgIpc) is 2.93. The number of rotatable bonds is 8. The highest BCUT2D eigenvalue weighted by Gasteiger charge is 2.55. The number of nitrogens with one attached hydrogen (secondary N) is 1. The van der Waals surface area contributed by atoms with Crippen LogP contribution in [0.5, 0.6) is 0 Å². The highest BCUT2D eigenvalue weighted by atomic mass is 16.2. The van der Waals surface area contributed by atoms with E-state index in [0.29, 0.717) is 13.1 Å². The first-order valence-corrected chi connectivity index (χ1v) is 10.4. The predicted molar refractivity (Wildman–Crippen MR) is 107 cm³/mol. The molecular weight excluding hydrogens is 338 g/mol. The van der Waals surface area contributed by atoms with Crippen molar-refractivity contribution in [2.45, 2.75) is 63.8 Å². The fourth-order valence-corrected chi connectivity index (χ4v) is 4.57. The summed E-state index contributed by atoms with van der Waals surface area (Å²) in [6.45, 7) is 3.41.